The van der Waals surface area contributed by atoms with Crippen LogP contribution in [0.1, 0.15) is 42.4 Å². The Hall–Kier alpha value is -4.17. The lowest BCUT2D eigenvalue weighted by atomic mass is 9.86. The molecule has 2 aliphatic rings. The van der Waals surface area contributed by atoms with E-state index in [4.69, 9.17) is 4.74 Å². The van der Waals surface area contributed by atoms with Gasteiger partial charge in [0.05, 0.1) is 0 Å². The predicted octanol–water partition coefficient (Wildman–Crippen LogP) is 4.15. The molecule has 2 amide bonds. The molecule has 202 valence electrons. The lowest BCUT2D eigenvalue weighted by Crippen LogP contribution is -2.64. The summed E-state index contributed by atoms with van der Waals surface area (Å²) in [6, 6.07) is 25.2. The van der Waals surface area contributed by atoms with Crippen molar-refractivity contribution in [2.24, 2.45) is 0 Å². The average molecular weight is 528 g/mol. The van der Waals surface area contributed by atoms with Gasteiger partial charge < -0.3 is 20.5 Å². The number of hydrogen-bond acceptors (Lipinski definition) is 5. The molecule has 3 aromatic rings. The normalized spacial score (nSPS) is 16.9. The topological polar surface area (TPSA) is 108 Å². The van der Waals surface area contributed by atoms with Crippen LogP contribution >= 0.6 is 0 Å². The zero-order valence-corrected chi connectivity index (χ0v) is 21.9. The molecule has 0 bridgehead atoms. The molecular formula is C31H33N3O5. The van der Waals surface area contributed by atoms with E-state index in [1.807, 2.05) is 54.6 Å². The zero-order valence-electron chi connectivity index (χ0n) is 21.9. The van der Waals surface area contributed by atoms with E-state index in [2.05, 4.69) is 39.8 Å². The fourth-order valence-corrected chi connectivity index (χ4v) is 5.57. The van der Waals surface area contributed by atoms with Crippen LogP contribution in [-0.2, 0) is 20.9 Å². The van der Waals surface area contributed by atoms with Gasteiger partial charge in [0.25, 0.3) is 0 Å². The Kier molecular flexibility index (Phi) is 7.65. The number of rotatable bonds is 8. The van der Waals surface area contributed by atoms with Crippen molar-refractivity contribution in [3.8, 4) is 11.1 Å². The van der Waals surface area contributed by atoms with Crippen LogP contribution in [0.4, 0.5) is 4.79 Å². The van der Waals surface area contributed by atoms with Crippen LogP contribution in [0.2, 0.25) is 0 Å². The fraction of sp³-hybridized carbons (Fsp3) is 0.323. The number of fused-ring (bicyclic) bond motifs is 3. The van der Waals surface area contributed by atoms with Gasteiger partial charge in [0.1, 0.15) is 18.2 Å². The number of alkyl carbamates (subject to hydrolysis) is 1. The van der Waals surface area contributed by atoms with Gasteiger partial charge in [-0.15, -0.1) is 0 Å². The van der Waals surface area contributed by atoms with Crippen LogP contribution in [0.15, 0.2) is 78.9 Å². The minimum Gasteiger partial charge on any atom is -0.480 e. The summed E-state index contributed by atoms with van der Waals surface area (Å²) in [7, 11) is 0. The second kappa shape index (κ2) is 11.3. The number of nitrogens with one attached hydrogen (secondary N) is 2. The van der Waals surface area contributed by atoms with Gasteiger partial charge >= 0.3 is 12.1 Å². The van der Waals surface area contributed by atoms with Crippen molar-refractivity contribution in [3.05, 3.63) is 95.6 Å². The van der Waals surface area contributed by atoms with Crippen molar-refractivity contribution in [1.29, 1.82) is 0 Å². The highest BCUT2D eigenvalue weighted by molar-refractivity contribution is 5.92. The van der Waals surface area contributed by atoms with Crippen molar-refractivity contribution in [1.82, 2.24) is 15.5 Å². The molecule has 8 nitrogen and oxygen atoms in total. The summed E-state index contributed by atoms with van der Waals surface area (Å²) in [5.74, 6) is -1.75. The average Bonchev–Trinajstić information content (AvgIpc) is 3.27. The molecule has 8 heteroatoms. The van der Waals surface area contributed by atoms with Gasteiger partial charge in [-0.3, -0.25) is 14.5 Å². The monoisotopic (exact) mass is 527 g/mol. The first-order valence-corrected chi connectivity index (χ1v) is 13.3. The summed E-state index contributed by atoms with van der Waals surface area (Å²) in [5.41, 5.74) is 4.36. The number of piperidine rings is 1. The zero-order chi connectivity index (χ0) is 27.4. The molecule has 0 aromatic heterocycles. The van der Waals surface area contributed by atoms with Gasteiger partial charge in [-0.1, -0.05) is 78.9 Å². The molecule has 1 heterocycles. The number of ether oxygens (including phenoxy) is 1. The van der Waals surface area contributed by atoms with Crippen LogP contribution in [0.25, 0.3) is 11.1 Å². The smallest absolute Gasteiger partial charge is 0.408 e. The SMILES string of the molecule is C[C@H](NC(=O)C1(NC(=O)OCC2c3ccccc3-c3ccccc32)CCN(Cc2ccccc2)CC1)C(=O)O. The molecule has 39 heavy (non-hydrogen) atoms. The van der Waals surface area contributed by atoms with E-state index in [0.717, 1.165) is 28.8 Å². The summed E-state index contributed by atoms with van der Waals surface area (Å²) in [6.45, 7) is 3.39. The lowest BCUT2D eigenvalue weighted by Gasteiger charge is -2.41. The molecular weight excluding hydrogens is 494 g/mol. The van der Waals surface area contributed by atoms with Gasteiger partial charge in [0, 0.05) is 25.6 Å². The summed E-state index contributed by atoms with van der Waals surface area (Å²) in [6.07, 6.45) is -0.0174. The number of likely N-dealkylation sites (tertiary alicyclic amines) is 1. The molecule has 3 aromatic carbocycles. The highest BCUT2D eigenvalue weighted by atomic mass is 16.5. The Morgan fingerprint density at radius 1 is 0.923 bits per heavy atom. The van der Waals surface area contributed by atoms with Crippen molar-refractivity contribution in [2.45, 2.75) is 43.8 Å². The summed E-state index contributed by atoms with van der Waals surface area (Å²) in [4.78, 5) is 40.1. The maximum absolute atomic E-state index is 13.4. The Labute approximate surface area is 228 Å². The molecule has 0 unspecified atom stereocenters. The van der Waals surface area contributed by atoms with E-state index in [-0.39, 0.29) is 12.5 Å². The number of carbonyl (C=O) groups is 3. The quantitative estimate of drug-likeness (QED) is 0.406. The van der Waals surface area contributed by atoms with Crippen LogP contribution in [0, 0.1) is 0 Å². The number of hydrogen-bond donors (Lipinski definition) is 3. The molecule has 1 saturated heterocycles. The minimum absolute atomic E-state index is 0.104. The van der Waals surface area contributed by atoms with Gasteiger partial charge in [-0.2, -0.15) is 0 Å². The van der Waals surface area contributed by atoms with E-state index in [1.54, 1.807) is 0 Å². The van der Waals surface area contributed by atoms with Gasteiger partial charge in [0.2, 0.25) is 5.91 Å². The Bertz CT molecular complexity index is 1310. The van der Waals surface area contributed by atoms with E-state index in [9.17, 15) is 19.5 Å². The molecule has 5 rings (SSSR count). The minimum atomic E-state index is -1.26. The summed E-state index contributed by atoms with van der Waals surface area (Å²) in [5, 5.41) is 14.7. The third-order valence-electron chi connectivity index (χ3n) is 7.80. The number of nitrogens with zero attached hydrogens (tertiary/aromatic N) is 1. The first-order chi connectivity index (χ1) is 18.9. The molecule has 1 aliphatic carbocycles. The number of benzene rings is 3. The second-order valence-electron chi connectivity index (χ2n) is 10.3. The van der Waals surface area contributed by atoms with Crippen molar-refractivity contribution in [3.63, 3.8) is 0 Å². The molecule has 0 radical (unpaired) electrons. The van der Waals surface area contributed by atoms with Crippen LogP contribution in [0.3, 0.4) is 0 Å². The third kappa shape index (κ3) is 5.66. The van der Waals surface area contributed by atoms with Crippen LogP contribution in [0.5, 0.6) is 0 Å². The van der Waals surface area contributed by atoms with Gasteiger partial charge in [0.15, 0.2) is 0 Å². The van der Waals surface area contributed by atoms with E-state index in [1.165, 1.54) is 12.5 Å². The highest BCUT2D eigenvalue weighted by Crippen LogP contribution is 2.44. The standard InChI is InChI=1S/C31H33N3O5/c1-21(28(35)36)32-29(37)31(15-17-34(18-16-31)19-22-9-3-2-4-10-22)33-30(38)39-20-27-25-13-7-5-11-23(25)24-12-6-8-14-26(24)27/h2-14,21,27H,15-20H2,1H3,(H,32,37)(H,33,38)(H,35,36)/t21-/m0/s1. The largest absolute Gasteiger partial charge is 0.480 e. The summed E-state index contributed by atoms with van der Waals surface area (Å²) >= 11 is 0. The fourth-order valence-electron chi connectivity index (χ4n) is 5.57. The first kappa shape index (κ1) is 26.4. The molecule has 1 aliphatic heterocycles. The number of amides is 2. The van der Waals surface area contributed by atoms with Crippen LogP contribution in [-0.4, -0.2) is 59.3 Å². The Morgan fingerprint density at radius 2 is 1.49 bits per heavy atom. The predicted molar refractivity (Wildman–Crippen MR) is 147 cm³/mol. The van der Waals surface area contributed by atoms with E-state index < -0.39 is 29.6 Å². The number of carboxylic acids is 1. The van der Waals surface area contributed by atoms with Gasteiger partial charge in [-0.25, -0.2) is 4.79 Å². The molecule has 1 fully saturated rings. The number of carboxylic acid groups (broad SMARTS) is 1. The van der Waals surface area contributed by atoms with Gasteiger partial charge in [-0.05, 0) is 47.6 Å². The molecule has 0 spiro atoms. The molecule has 3 N–H and O–H groups in total. The van der Waals surface area contributed by atoms with E-state index in [0.29, 0.717) is 25.9 Å². The van der Waals surface area contributed by atoms with E-state index >= 15 is 0 Å². The molecule has 1 atom stereocenters. The number of aliphatic carboxylic acids is 1. The third-order valence-corrected chi connectivity index (χ3v) is 7.80. The highest BCUT2D eigenvalue weighted by Gasteiger charge is 2.44. The lowest BCUT2D eigenvalue weighted by molar-refractivity contribution is -0.142. The molecule has 0 saturated carbocycles. The van der Waals surface area contributed by atoms with Crippen molar-refractivity contribution >= 4 is 18.0 Å². The Morgan fingerprint density at radius 3 is 2.08 bits per heavy atom. The van der Waals surface area contributed by atoms with Crippen LogP contribution < -0.4 is 10.6 Å². The maximum atomic E-state index is 13.4. The maximum Gasteiger partial charge on any atom is 0.408 e. The van der Waals surface area contributed by atoms with Crippen molar-refractivity contribution in [2.75, 3.05) is 19.7 Å². The summed E-state index contributed by atoms with van der Waals surface area (Å²) < 4.78 is 5.73. The number of carbonyl (C=O) groups excluding carboxylic acids is 2. The second-order valence-corrected chi connectivity index (χ2v) is 10.3. The van der Waals surface area contributed by atoms with Crippen molar-refractivity contribution < 1.29 is 24.2 Å². The Balaban J connectivity index is 1.28. The first-order valence-electron chi connectivity index (χ1n) is 13.3.